The predicted octanol–water partition coefficient (Wildman–Crippen LogP) is 1.82. The second-order valence-electron chi connectivity index (χ2n) is 5.16. The van der Waals surface area contributed by atoms with Crippen molar-refractivity contribution in [1.29, 1.82) is 0 Å². The fraction of sp³-hybridized carbons (Fsp3) is 0.412. The summed E-state index contributed by atoms with van der Waals surface area (Å²) < 4.78 is 15.3. The zero-order valence-electron chi connectivity index (χ0n) is 14.2. The molecule has 130 valence electrons. The van der Waals surface area contributed by atoms with Gasteiger partial charge in [0.05, 0.1) is 37.8 Å². The Morgan fingerprint density at radius 1 is 1.08 bits per heavy atom. The number of rotatable bonds is 9. The molecule has 7 heteroatoms. The van der Waals surface area contributed by atoms with Gasteiger partial charge >= 0.3 is 0 Å². The van der Waals surface area contributed by atoms with E-state index in [4.69, 9.17) is 14.2 Å². The second kappa shape index (κ2) is 9.05. The molecule has 1 heterocycles. The molecule has 0 fully saturated rings. The van der Waals surface area contributed by atoms with Crippen molar-refractivity contribution in [2.75, 3.05) is 47.6 Å². The minimum absolute atomic E-state index is 0.108. The quantitative estimate of drug-likeness (QED) is 0.757. The molecule has 1 N–H and O–H groups in total. The number of carbonyl (C=O) groups is 1. The number of carbonyl (C=O) groups excluding carboxylic acids is 1. The van der Waals surface area contributed by atoms with Crippen molar-refractivity contribution in [2.45, 2.75) is 0 Å². The molecule has 0 unspecified atom stereocenters. The Labute approximate surface area is 141 Å². The van der Waals surface area contributed by atoms with Crippen LogP contribution in [0.5, 0.6) is 5.75 Å². The summed E-state index contributed by atoms with van der Waals surface area (Å²) in [5, 5.41) is 6.95. The summed E-state index contributed by atoms with van der Waals surface area (Å²) in [5.74, 6) is 0.650. The second-order valence-corrected chi connectivity index (χ2v) is 5.16. The van der Waals surface area contributed by atoms with E-state index in [1.54, 1.807) is 32.4 Å². The minimum Gasteiger partial charge on any atom is -0.497 e. The Morgan fingerprint density at radius 3 is 2.25 bits per heavy atom. The lowest BCUT2D eigenvalue weighted by atomic mass is 10.1. The highest BCUT2D eigenvalue weighted by atomic mass is 16.5. The fourth-order valence-electron chi connectivity index (χ4n) is 2.31. The molecule has 0 aliphatic rings. The van der Waals surface area contributed by atoms with Crippen LogP contribution in [-0.2, 0) is 9.47 Å². The van der Waals surface area contributed by atoms with Crippen LogP contribution in [0.4, 0.5) is 0 Å². The first-order valence-electron chi connectivity index (χ1n) is 7.66. The molecule has 0 aliphatic carbocycles. The van der Waals surface area contributed by atoms with Crippen LogP contribution in [0.25, 0.3) is 11.3 Å². The summed E-state index contributed by atoms with van der Waals surface area (Å²) >= 11 is 0. The predicted molar refractivity (Wildman–Crippen MR) is 90.2 cm³/mol. The van der Waals surface area contributed by atoms with Gasteiger partial charge in [-0.05, 0) is 24.3 Å². The Bertz CT molecular complexity index is 632. The van der Waals surface area contributed by atoms with Gasteiger partial charge in [-0.1, -0.05) is 0 Å². The molecular weight excluding hydrogens is 310 g/mol. The fourth-order valence-corrected chi connectivity index (χ4v) is 2.31. The van der Waals surface area contributed by atoms with Crippen LogP contribution in [0.3, 0.4) is 0 Å². The zero-order valence-corrected chi connectivity index (χ0v) is 14.2. The summed E-state index contributed by atoms with van der Waals surface area (Å²) in [5.41, 5.74) is 2.07. The van der Waals surface area contributed by atoms with Gasteiger partial charge in [-0.15, -0.1) is 0 Å². The number of aromatic amines is 1. The van der Waals surface area contributed by atoms with Gasteiger partial charge in [-0.2, -0.15) is 5.10 Å². The monoisotopic (exact) mass is 333 g/mol. The van der Waals surface area contributed by atoms with Crippen molar-refractivity contribution in [1.82, 2.24) is 15.1 Å². The number of hydrogen-bond acceptors (Lipinski definition) is 5. The zero-order chi connectivity index (χ0) is 17.4. The summed E-state index contributed by atoms with van der Waals surface area (Å²) in [6.07, 6.45) is 1.55. The Hall–Kier alpha value is -2.38. The number of H-pyrrole nitrogens is 1. The standard InChI is InChI=1S/C17H23N3O4/c1-22-10-8-20(9-11-23-2)17(21)15-12-18-19-16(15)13-4-6-14(24-3)7-5-13/h4-7,12H,8-11H2,1-3H3,(H,18,19). The highest BCUT2D eigenvalue weighted by Gasteiger charge is 2.21. The summed E-state index contributed by atoms with van der Waals surface area (Å²) in [4.78, 5) is 14.6. The molecular formula is C17H23N3O4. The number of nitrogens with one attached hydrogen (secondary N) is 1. The number of amides is 1. The van der Waals surface area contributed by atoms with Crippen LogP contribution in [0.15, 0.2) is 30.5 Å². The summed E-state index contributed by atoms with van der Waals surface area (Å²) in [7, 11) is 4.84. The van der Waals surface area contributed by atoms with E-state index < -0.39 is 0 Å². The molecule has 0 radical (unpaired) electrons. The number of ether oxygens (including phenoxy) is 3. The first-order chi connectivity index (χ1) is 11.7. The maximum Gasteiger partial charge on any atom is 0.257 e. The number of benzene rings is 1. The maximum absolute atomic E-state index is 12.9. The Kier molecular flexibility index (Phi) is 6.77. The van der Waals surface area contributed by atoms with Crippen molar-refractivity contribution in [3.63, 3.8) is 0 Å². The smallest absolute Gasteiger partial charge is 0.257 e. The van der Waals surface area contributed by atoms with Crippen LogP contribution in [0.1, 0.15) is 10.4 Å². The van der Waals surface area contributed by atoms with Gasteiger partial charge in [0, 0.05) is 32.9 Å². The molecule has 24 heavy (non-hydrogen) atoms. The number of aromatic nitrogens is 2. The van der Waals surface area contributed by atoms with Crippen molar-refractivity contribution < 1.29 is 19.0 Å². The average molecular weight is 333 g/mol. The van der Waals surface area contributed by atoms with Crippen LogP contribution < -0.4 is 4.74 Å². The Morgan fingerprint density at radius 2 is 1.71 bits per heavy atom. The molecule has 2 aromatic rings. The molecule has 0 spiro atoms. The third kappa shape index (κ3) is 4.33. The van der Waals surface area contributed by atoms with Crippen LogP contribution in [-0.4, -0.2) is 68.6 Å². The lowest BCUT2D eigenvalue weighted by Crippen LogP contribution is -2.36. The number of nitrogens with zero attached hydrogens (tertiary/aromatic N) is 2. The molecule has 1 aromatic carbocycles. The topological polar surface area (TPSA) is 76.7 Å². The van der Waals surface area contributed by atoms with Gasteiger partial charge in [0.1, 0.15) is 5.75 Å². The van der Waals surface area contributed by atoms with Gasteiger partial charge in [-0.3, -0.25) is 9.89 Å². The number of methoxy groups -OCH3 is 3. The lowest BCUT2D eigenvalue weighted by molar-refractivity contribution is 0.0628. The number of hydrogen-bond donors (Lipinski definition) is 1. The van der Waals surface area contributed by atoms with E-state index in [0.29, 0.717) is 37.6 Å². The highest BCUT2D eigenvalue weighted by Crippen LogP contribution is 2.24. The molecule has 2 rings (SSSR count). The molecule has 0 saturated heterocycles. The minimum atomic E-state index is -0.108. The molecule has 7 nitrogen and oxygen atoms in total. The van der Waals surface area contributed by atoms with Crippen molar-refractivity contribution in [2.24, 2.45) is 0 Å². The van der Waals surface area contributed by atoms with Gasteiger partial charge in [0.2, 0.25) is 0 Å². The average Bonchev–Trinajstić information content (AvgIpc) is 3.11. The van der Waals surface area contributed by atoms with Crippen LogP contribution in [0.2, 0.25) is 0 Å². The molecule has 1 aromatic heterocycles. The third-order valence-corrected chi connectivity index (χ3v) is 3.67. The Balaban J connectivity index is 2.23. The summed E-state index contributed by atoms with van der Waals surface area (Å²) in [6, 6.07) is 7.46. The highest BCUT2D eigenvalue weighted by molar-refractivity contribution is 5.99. The van der Waals surface area contributed by atoms with E-state index in [2.05, 4.69) is 10.2 Å². The van der Waals surface area contributed by atoms with E-state index in [-0.39, 0.29) is 5.91 Å². The SMILES string of the molecule is COCCN(CCOC)C(=O)c1cn[nH]c1-c1ccc(OC)cc1. The molecule has 0 saturated carbocycles. The normalized spacial score (nSPS) is 10.6. The van der Waals surface area contributed by atoms with Crippen LogP contribution >= 0.6 is 0 Å². The van der Waals surface area contributed by atoms with Crippen LogP contribution in [0, 0.1) is 0 Å². The molecule has 1 amide bonds. The lowest BCUT2D eigenvalue weighted by Gasteiger charge is -2.22. The van der Waals surface area contributed by atoms with E-state index >= 15 is 0 Å². The maximum atomic E-state index is 12.9. The van der Waals surface area contributed by atoms with Crippen molar-refractivity contribution in [3.8, 4) is 17.0 Å². The first kappa shape index (κ1) is 18.0. The van der Waals surface area contributed by atoms with Crippen molar-refractivity contribution >= 4 is 5.91 Å². The molecule has 0 aliphatic heterocycles. The van der Waals surface area contributed by atoms with Crippen molar-refractivity contribution in [3.05, 3.63) is 36.0 Å². The van der Waals surface area contributed by atoms with Gasteiger partial charge in [0.25, 0.3) is 5.91 Å². The largest absolute Gasteiger partial charge is 0.497 e. The summed E-state index contributed by atoms with van der Waals surface area (Å²) in [6.45, 7) is 1.91. The van der Waals surface area contributed by atoms with Gasteiger partial charge in [-0.25, -0.2) is 0 Å². The van der Waals surface area contributed by atoms with Gasteiger partial charge < -0.3 is 19.1 Å². The van der Waals surface area contributed by atoms with E-state index in [0.717, 1.165) is 11.3 Å². The molecule has 0 bridgehead atoms. The first-order valence-corrected chi connectivity index (χ1v) is 7.66. The molecule has 0 atom stereocenters. The van der Waals surface area contributed by atoms with E-state index in [9.17, 15) is 4.79 Å². The third-order valence-electron chi connectivity index (χ3n) is 3.67. The van der Waals surface area contributed by atoms with Gasteiger partial charge in [0.15, 0.2) is 0 Å². The van der Waals surface area contributed by atoms with E-state index in [1.165, 1.54) is 0 Å². The van der Waals surface area contributed by atoms with E-state index in [1.807, 2.05) is 24.3 Å².